The van der Waals surface area contributed by atoms with E-state index in [0.29, 0.717) is 34.9 Å². The molecule has 0 unspecified atom stereocenters. The summed E-state index contributed by atoms with van der Waals surface area (Å²) < 4.78 is 2.28. The highest BCUT2D eigenvalue weighted by Gasteiger charge is 2.59. The number of carbonyl (C=O) groups excluding carboxylic acids is 1. The molecule has 1 aromatic heterocycles. The van der Waals surface area contributed by atoms with E-state index in [0.717, 1.165) is 35.3 Å². The fraction of sp³-hybridized carbons (Fsp3) is 0.375. The number of aromatic nitrogens is 2. The van der Waals surface area contributed by atoms with Crippen LogP contribution in [0.3, 0.4) is 0 Å². The molecule has 1 heterocycles. The summed E-state index contributed by atoms with van der Waals surface area (Å²) in [4.78, 5) is 17.2. The number of nitriles is 1. The van der Waals surface area contributed by atoms with Gasteiger partial charge in [-0.1, -0.05) is 18.5 Å². The van der Waals surface area contributed by atoms with E-state index in [4.69, 9.17) is 16.9 Å². The highest BCUT2D eigenvalue weighted by Crippen LogP contribution is 2.62. The fourth-order valence-electron chi connectivity index (χ4n) is 5.40. The van der Waals surface area contributed by atoms with Crippen molar-refractivity contribution in [1.82, 2.24) is 14.9 Å². The molecule has 6 heteroatoms. The first-order valence-electron chi connectivity index (χ1n) is 10.5. The summed E-state index contributed by atoms with van der Waals surface area (Å²) in [5, 5.41) is 12.9. The maximum atomic E-state index is 12.7. The monoisotopic (exact) mass is 418 g/mol. The SMILES string of the molecule is CC[C@@H](NC(=O)c1ccc(C#N)cc1)[C@H]1[C@@H]2C[C@@H](n3cnc4ccc(Cl)cc43)C[C@@H]21. The van der Waals surface area contributed by atoms with Crippen molar-refractivity contribution in [3.8, 4) is 6.07 Å². The molecule has 0 radical (unpaired) electrons. The Morgan fingerprint density at radius 2 is 2.00 bits per heavy atom. The molecule has 0 bridgehead atoms. The lowest BCUT2D eigenvalue weighted by molar-refractivity contribution is 0.0927. The molecule has 2 aliphatic carbocycles. The quantitative estimate of drug-likeness (QED) is 0.636. The summed E-state index contributed by atoms with van der Waals surface area (Å²) in [6.45, 7) is 2.14. The van der Waals surface area contributed by atoms with Crippen LogP contribution in [0.5, 0.6) is 0 Å². The number of nitrogens with one attached hydrogen (secondary N) is 1. The number of hydrogen-bond acceptors (Lipinski definition) is 3. The van der Waals surface area contributed by atoms with Crippen LogP contribution in [0.25, 0.3) is 11.0 Å². The molecule has 2 aromatic carbocycles. The summed E-state index contributed by atoms with van der Waals surface area (Å²) in [7, 11) is 0. The predicted octanol–water partition coefficient (Wildman–Crippen LogP) is 4.97. The third kappa shape index (κ3) is 3.26. The van der Waals surface area contributed by atoms with Crippen molar-refractivity contribution >= 4 is 28.5 Å². The number of imidazole rings is 1. The molecule has 0 spiro atoms. The van der Waals surface area contributed by atoms with E-state index >= 15 is 0 Å². The Hall–Kier alpha value is -2.84. The second-order valence-electron chi connectivity index (χ2n) is 8.49. The normalized spacial score (nSPS) is 25.5. The van der Waals surface area contributed by atoms with E-state index < -0.39 is 0 Å². The van der Waals surface area contributed by atoms with Crippen molar-refractivity contribution in [2.75, 3.05) is 0 Å². The number of rotatable bonds is 5. The molecule has 0 saturated heterocycles. The van der Waals surface area contributed by atoms with Crippen LogP contribution in [0.4, 0.5) is 0 Å². The topological polar surface area (TPSA) is 70.7 Å². The number of amides is 1. The van der Waals surface area contributed by atoms with Gasteiger partial charge in [0.2, 0.25) is 0 Å². The van der Waals surface area contributed by atoms with Gasteiger partial charge in [-0.3, -0.25) is 4.79 Å². The largest absolute Gasteiger partial charge is 0.349 e. The zero-order valence-electron chi connectivity index (χ0n) is 16.8. The maximum Gasteiger partial charge on any atom is 0.251 e. The molecule has 5 atom stereocenters. The standard InChI is InChI=1S/C24H23ClN4O/c1-2-20(28-24(30)15-5-3-14(12-26)4-6-15)23-18-10-17(11-19(18)23)29-13-27-21-8-7-16(25)9-22(21)29/h3-9,13,17-20,23H,2,10-11H2,1H3,(H,28,30)/t17-,18-,19+,20-,23+/m1/s1. The number of fused-ring (bicyclic) bond motifs is 2. The highest BCUT2D eigenvalue weighted by atomic mass is 35.5. The minimum Gasteiger partial charge on any atom is -0.349 e. The maximum absolute atomic E-state index is 12.7. The zero-order chi connectivity index (χ0) is 20.8. The molecule has 2 aliphatic rings. The van der Waals surface area contributed by atoms with Crippen molar-refractivity contribution in [3.05, 3.63) is 64.9 Å². The molecule has 30 heavy (non-hydrogen) atoms. The van der Waals surface area contributed by atoms with E-state index in [-0.39, 0.29) is 11.9 Å². The van der Waals surface area contributed by atoms with Crippen LogP contribution in [-0.2, 0) is 0 Å². The molecule has 1 N–H and O–H groups in total. The van der Waals surface area contributed by atoms with Gasteiger partial charge in [0.05, 0.1) is 29.0 Å². The van der Waals surface area contributed by atoms with E-state index in [1.807, 2.05) is 24.5 Å². The lowest BCUT2D eigenvalue weighted by atomic mass is 9.98. The first-order chi connectivity index (χ1) is 14.6. The smallest absolute Gasteiger partial charge is 0.251 e. The van der Waals surface area contributed by atoms with E-state index in [9.17, 15) is 4.79 Å². The average molecular weight is 419 g/mol. The first kappa shape index (κ1) is 19.1. The van der Waals surface area contributed by atoms with Crippen LogP contribution >= 0.6 is 11.6 Å². The number of halogens is 1. The van der Waals surface area contributed by atoms with E-state index in [1.165, 1.54) is 0 Å². The minimum atomic E-state index is -0.0527. The average Bonchev–Trinajstić information content (AvgIpc) is 3.09. The van der Waals surface area contributed by atoms with Crippen LogP contribution in [0.1, 0.15) is 48.1 Å². The van der Waals surface area contributed by atoms with Crippen molar-refractivity contribution in [2.45, 2.75) is 38.3 Å². The number of nitrogens with zero attached hydrogens (tertiary/aromatic N) is 3. The van der Waals surface area contributed by atoms with Gasteiger partial charge >= 0.3 is 0 Å². The lowest BCUT2D eigenvalue weighted by Gasteiger charge is -2.22. The Morgan fingerprint density at radius 1 is 1.27 bits per heavy atom. The molecule has 0 aliphatic heterocycles. The van der Waals surface area contributed by atoms with Gasteiger partial charge in [-0.2, -0.15) is 5.26 Å². The Balaban J connectivity index is 1.24. The van der Waals surface area contributed by atoms with Gasteiger partial charge in [0.15, 0.2) is 0 Å². The van der Waals surface area contributed by atoms with Crippen LogP contribution in [0, 0.1) is 29.1 Å². The summed E-state index contributed by atoms with van der Waals surface area (Å²) in [5.41, 5.74) is 3.26. The Bertz CT molecular complexity index is 1130. The molecule has 152 valence electrons. The molecule has 2 saturated carbocycles. The fourth-order valence-corrected chi connectivity index (χ4v) is 5.56. The van der Waals surface area contributed by atoms with E-state index in [2.05, 4.69) is 27.9 Å². The second kappa shape index (κ2) is 7.45. The molecule has 3 aromatic rings. The molecule has 5 rings (SSSR count). The summed E-state index contributed by atoms with van der Waals surface area (Å²) in [6, 6.07) is 15.4. The van der Waals surface area contributed by atoms with Crippen LogP contribution in [0.2, 0.25) is 5.02 Å². The third-order valence-corrected chi connectivity index (χ3v) is 7.15. The van der Waals surface area contributed by atoms with Gasteiger partial charge in [-0.15, -0.1) is 0 Å². The predicted molar refractivity (Wildman–Crippen MR) is 116 cm³/mol. The third-order valence-electron chi connectivity index (χ3n) is 6.91. The van der Waals surface area contributed by atoms with Crippen molar-refractivity contribution in [3.63, 3.8) is 0 Å². The number of carbonyl (C=O) groups is 1. The molecular weight excluding hydrogens is 396 g/mol. The van der Waals surface area contributed by atoms with Crippen LogP contribution < -0.4 is 5.32 Å². The van der Waals surface area contributed by atoms with Gasteiger partial charge in [0.1, 0.15) is 0 Å². The van der Waals surface area contributed by atoms with Gasteiger partial charge in [0, 0.05) is 22.7 Å². The van der Waals surface area contributed by atoms with Gasteiger partial charge in [0.25, 0.3) is 5.91 Å². The van der Waals surface area contributed by atoms with Crippen molar-refractivity contribution < 1.29 is 4.79 Å². The number of benzene rings is 2. The molecule has 1 amide bonds. The van der Waals surface area contributed by atoms with Crippen molar-refractivity contribution in [2.24, 2.45) is 17.8 Å². The van der Waals surface area contributed by atoms with Gasteiger partial charge < -0.3 is 9.88 Å². The molecule has 2 fully saturated rings. The Kier molecular flexibility index (Phi) is 4.75. The summed E-state index contributed by atoms with van der Waals surface area (Å²) in [5.74, 6) is 1.80. The summed E-state index contributed by atoms with van der Waals surface area (Å²) >= 11 is 6.19. The molecule has 5 nitrogen and oxygen atoms in total. The summed E-state index contributed by atoms with van der Waals surface area (Å²) in [6.07, 6.45) is 5.11. The van der Waals surface area contributed by atoms with Crippen LogP contribution in [-0.4, -0.2) is 21.5 Å². The molecular formula is C24H23ClN4O. The number of hydrogen-bond donors (Lipinski definition) is 1. The Labute approximate surface area is 180 Å². The highest BCUT2D eigenvalue weighted by molar-refractivity contribution is 6.31. The van der Waals surface area contributed by atoms with E-state index in [1.54, 1.807) is 24.3 Å². The van der Waals surface area contributed by atoms with Crippen molar-refractivity contribution in [1.29, 1.82) is 5.26 Å². The zero-order valence-corrected chi connectivity index (χ0v) is 17.5. The van der Waals surface area contributed by atoms with Gasteiger partial charge in [-0.05, 0) is 79.5 Å². The van der Waals surface area contributed by atoms with Gasteiger partial charge in [-0.25, -0.2) is 4.98 Å². The van der Waals surface area contributed by atoms with Crippen LogP contribution in [0.15, 0.2) is 48.8 Å². The minimum absolute atomic E-state index is 0.0527. The lowest BCUT2D eigenvalue weighted by Crippen LogP contribution is -2.37. The second-order valence-corrected chi connectivity index (χ2v) is 8.93. The first-order valence-corrected chi connectivity index (χ1v) is 10.9. The Morgan fingerprint density at radius 3 is 2.67 bits per heavy atom.